The summed E-state index contributed by atoms with van der Waals surface area (Å²) in [5.41, 5.74) is 1.33. The van der Waals surface area contributed by atoms with Gasteiger partial charge in [0, 0.05) is 12.6 Å². The minimum Gasteiger partial charge on any atom is -0.351 e. The number of aromatic nitrogens is 3. The molecule has 8 nitrogen and oxygen atoms in total. The van der Waals surface area contributed by atoms with Crippen LogP contribution in [0.25, 0.3) is 0 Å². The van der Waals surface area contributed by atoms with E-state index in [0.29, 0.717) is 19.1 Å². The Morgan fingerprint density at radius 1 is 1.23 bits per heavy atom. The molecule has 1 aliphatic carbocycles. The maximum atomic E-state index is 12.7. The Labute approximate surface area is 177 Å². The molecule has 2 N–H and O–H groups in total. The van der Waals surface area contributed by atoms with E-state index in [4.69, 9.17) is 0 Å². The SMILES string of the molecule is CN(CCCNC(=O)c1nnn2c1C(=O)N[C@@H](c1ccccc1)C2)C1CCCCC1. The second-order valence-corrected chi connectivity index (χ2v) is 8.29. The van der Waals surface area contributed by atoms with Crippen molar-refractivity contribution in [2.45, 2.75) is 57.2 Å². The molecule has 2 aromatic rings. The summed E-state index contributed by atoms with van der Waals surface area (Å²) < 4.78 is 1.53. The van der Waals surface area contributed by atoms with Gasteiger partial charge in [0.15, 0.2) is 11.4 Å². The largest absolute Gasteiger partial charge is 0.351 e. The van der Waals surface area contributed by atoms with Crippen molar-refractivity contribution >= 4 is 11.8 Å². The maximum absolute atomic E-state index is 12.7. The van der Waals surface area contributed by atoms with Crippen LogP contribution in [0.2, 0.25) is 0 Å². The summed E-state index contributed by atoms with van der Waals surface area (Å²) in [5, 5.41) is 13.9. The molecule has 0 unspecified atom stereocenters. The van der Waals surface area contributed by atoms with Crippen LogP contribution in [-0.2, 0) is 6.54 Å². The average Bonchev–Trinajstić information content (AvgIpc) is 3.22. The fraction of sp³-hybridized carbons (Fsp3) is 0.545. The van der Waals surface area contributed by atoms with Gasteiger partial charge in [0.2, 0.25) is 0 Å². The number of nitrogens with one attached hydrogen (secondary N) is 2. The number of fused-ring (bicyclic) bond motifs is 1. The summed E-state index contributed by atoms with van der Waals surface area (Å²) in [6.45, 7) is 1.96. The van der Waals surface area contributed by atoms with Crippen LogP contribution in [0.4, 0.5) is 0 Å². The quantitative estimate of drug-likeness (QED) is 0.683. The van der Waals surface area contributed by atoms with Crippen LogP contribution in [-0.4, -0.2) is 57.9 Å². The molecule has 30 heavy (non-hydrogen) atoms. The molecule has 2 aliphatic rings. The monoisotopic (exact) mass is 410 g/mol. The highest BCUT2D eigenvalue weighted by molar-refractivity contribution is 6.05. The molecule has 160 valence electrons. The third-order valence-corrected chi connectivity index (χ3v) is 6.20. The molecule has 0 spiro atoms. The third kappa shape index (κ3) is 4.53. The molecule has 1 aliphatic heterocycles. The number of hydrogen-bond donors (Lipinski definition) is 2. The van der Waals surface area contributed by atoms with Gasteiger partial charge in [-0.2, -0.15) is 0 Å². The minimum absolute atomic E-state index is 0.0969. The lowest BCUT2D eigenvalue weighted by Crippen LogP contribution is -2.40. The van der Waals surface area contributed by atoms with Crippen molar-refractivity contribution in [1.29, 1.82) is 0 Å². The van der Waals surface area contributed by atoms with Gasteiger partial charge in [-0.3, -0.25) is 9.59 Å². The summed E-state index contributed by atoms with van der Waals surface area (Å²) in [5.74, 6) is -0.660. The molecule has 1 aromatic carbocycles. The zero-order chi connectivity index (χ0) is 20.9. The summed E-state index contributed by atoms with van der Waals surface area (Å²) in [6, 6.07) is 10.2. The number of carbonyl (C=O) groups excluding carboxylic acids is 2. The Balaban J connectivity index is 1.30. The fourth-order valence-corrected chi connectivity index (χ4v) is 4.46. The molecule has 0 saturated heterocycles. The molecule has 1 atom stereocenters. The van der Waals surface area contributed by atoms with Crippen molar-refractivity contribution in [3.63, 3.8) is 0 Å². The van der Waals surface area contributed by atoms with E-state index >= 15 is 0 Å². The molecule has 0 bridgehead atoms. The Bertz CT molecular complexity index is 875. The van der Waals surface area contributed by atoms with Gasteiger partial charge in [-0.15, -0.1) is 5.10 Å². The molecular weight excluding hydrogens is 380 g/mol. The van der Waals surface area contributed by atoms with Crippen LogP contribution in [0.1, 0.15) is 71.1 Å². The Morgan fingerprint density at radius 3 is 2.77 bits per heavy atom. The van der Waals surface area contributed by atoms with Crippen molar-refractivity contribution < 1.29 is 9.59 Å². The number of rotatable bonds is 7. The smallest absolute Gasteiger partial charge is 0.274 e. The van der Waals surface area contributed by atoms with Gasteiger partial charge < -0.3 is 15.5 Å². The first-order chi connectivity index (χ1) is 14.6. The van der Waals surface area contributed by atoms with Crippen molar-refractivity contribution in [1.82, 2.24) is 30.5 Å². The van der Waals surface area contributed by atoms with Crippen LogP contribution >= 0.6 is 0 Å². The molecular formula is C22H30N6O2. The summed E-state index contributed by atoms with van der Waals surface area (Å²) >= 11 is 0. The highest BCUT2D eigenvalue weighted by Gasteiger charge is 2.32. The number of carbonyl (C=O) groups is 2. The van der Waals surface area contributed by atoms with Crippen molar-refractivity contribution in [3.05, 3.63) is 47.3 Å². The summed E-state index contributed by atoms with van der Waals surface area (Å²) in [7, 11) is 2.17. The molecule has 1 saturated carbocycles. The number of benzene rings is 1. The number of nitrogens with zero attached hydrogens (tertiary/aromatic N) is 4. The minimum atomic E-state index is -0.343. The molecule has 4 rings (SSSR count). The van der Waals surface area contributed by atoms with Crippen LogP contribution in [0.15, 0.2) is 30.3 Å². The first-order valence-corrected chi connectivity index (χ1v) is 10.9. The molecule has 1 fully saturated rings. The number of amides is 2. The summed E-state index contributed by atoms with van der Waals surface area (Å²) in [4.78, 5) is 27.7. The van der Waals surface area contributed by atoms with E-state index in [1.807, 2.05) is 30.3 Å². The third-order valence-electron chi connectivity index (χ3n) is 6.20. The Hall–Kier alpha value is -2.74. The van der Waals surface area contributed by atoms with Crippen LogP contribution in [0.5, 0.6) is 0 Å². The van der Waals surface area contributed by atoms with Gasteiger partial charge in [-0.05, 0) is 38.4 Å². The molecule has 8 heteroatoms. The second-order valence-electron chi connectivity index (χ2n) is 8.29. The first kappa shape index (κ1) is 20.5. The van der Waals surface area contributed by atoms with Crippen molar-refractivity contribution in [2.75, 3.05) is 20.1 Å². The molecule has 2 heterocycles. The topological polar surface area (TPSA) is 92.2 Å². The lowest BCUT2D eigenvalue weighted by Gasteiger charge is -2.31. The summed E-state index contributed by atoms with van der Waals surface area (Å²) in [6.07, 6.45) is 7.39. The zero-order valence-corrected chi connectivity index (χ0v) is 17.5. The highest BCUT2D eigenvalue weighted by atomic mass is 16.2. The van der Waals surface area contributed by atoms with Gasteiger partial charge in [0.05, 0.1) is 12.6 Å². The standard InChI is InChI=1S/C22H30N6O2/c1-27(17-11-6-3-7-12-17)14-8-13-23-21(29)19-20-22(30)24-18(15-28(20)26-25-19)16-9-4-2-5-10-16/h2,4-5,9-10,17-18H,3,6-8,11-15H2,1H3,(H,23,29)(H,24,30)/t18-/m1/s1. The second kappa shape index (κ2) is 9.38. The fourth-order valence-electron chi connectivity index (χ4n) is 4.46. The predicted octanol–water partition coefficient (Wildman–Crippen LogP) is 2.15. The van der Waals surface area contributed by atoms with Crippen molar-refractivity contribution in [2.24, 2.45) is 0 Å². The van der Waals surface area contributed by atoms with Crippen molar-refractivity contribution in [3.8, 4) is 0 Å². The van der Waals surface area contributed by atoms with Crippen LogP contribution in [0, 0.1) is 0 Å². The lowest BCUT2D eigenvalue weighted by molar-refractivity contribution is 0.0876. The molecule has 0 radical (unpaired) electrons. The normalized spacial score (nSPS) is 19.4. The van der Waals surface area contributed by atoms with E-state index < -0.39 is 0 Å². The average molecular weight is 411 g/mol. The molecule has 2 amide bonds. The van der Waals surface area contributed by atoms with E-state index in [0.717, 1.165) is 18.5 Å². The van der Waals surface area contributed by atoms with Crippen LogP contribution < -0.4 is 10.6 Å². The lowest BCUT2D eigenvalue weighted by atomic mass is 9.94. The molecule has 1 aromatic heterocycles. The highest BCUT2D eigenvalue weighted by Crippen LogP contribution is 2.22. The van der Waals surface area contributed by atoms with E-state index in [1.54, 1.807) is 0 Å². The maximum Gasteiger partial charge on any atom is 0.274 e. The van der Waals surface area contributed by atoms with Gasteiger partial charge in [0.1, 0.15) is 0 Å². The number of hydrogen-bond acceptors (Lipinski definition) is 5. The van der Waals surface area contributed by atoms with E-state index in [1.165, 1.54) is 36.8 Å². The zero-order valence-electron chi connectivity index (χ0n) is 17.5. The van der Waals surface area contributed by atoms with E-state index in [-0.39, 0.29) is 29.2 Å². The van der Waals surface area contributed by atoms with E-state index in [9.17, 15) is 9.59 Å². The Kier molecular flexibility index (Phi) is 6.42. The predicted molar refractivity (Wildman–Crippen MR) is 113 cm³/mol. The van der Waals surface area contributed by atoms with Gasteiger partial charge >= 0.3 is 0 Å². The first-order valence-electron chi connectivity index (χ1n) is 10.9. The van der Waals surface area contributed by atoms with Gasteiger partial charge in [-0.1, -0.05) is 54.8 Å². The van der Waals surface area contributed by atoms with Crippen LogP contribution in [0.3, 0.4) is 0 Å². The Morgan fingerprint density at radius 2 is 2.00 bits per heavy atom. The van der Waals surface area contributed by atoms with E-state index in [2.05, 4.69) is 32.9 Å². The van der Waals surface area contributed by atoms with Gasteiger partial charge in [-0.25, -0.2) is 4.68 Å². The van der Waals surface area contributed by atoms with Gasteiger partial charge in [0.25, 0.3) is 11.8 Å².